The number of rotatable bonds is 4. The second kappa shape index (κ2) is 7.64. The molecule has 4 nitrogen and oxygen atoms in total. The van der Waals surface area contributed by atoms with E-state index in [9.17, 15) is 13.6 Å². The van der Waals surface area contributed by atoms with Crippen LogP contribution in [0, 0.1) is 17.6 Å². The van der Waals surface area contributed by atoms with E-state index in [1.807, 2.05) is 0 Å². The molecule has 3 heterocycles. The quantitative estimate of drug-likeness (QED) is 0.806. The van der Waals surface area contributed by atoms with Crippen LogP contribution >= 0.6 is 0 Å². The molecule has 142 valence electrons. The third-order valence-corrected chi connectivity index (χ3v) is 5.44. The predicted octanol–water partition coefficient (Wildman–Crippen LogP) is 4.20. The largest absolute Gasteiger partial charge is 0.444 e. The second-order valence-corrected chi connectivity index (χ2v) is 7.25. The summed E-state index contributed by atoms with van der Waals surface area (Å²) in [5.41, 5.74) is 1.16. The van der Waals surface area contributed by atoms with E-state index in [2.05, 4.69) is 4.90 Å². The van der Waals surface area contributed by atoms with Gasteiger partial charge in [0.15, 0.2) is 0 Å². The zero-order valence-corrected chi connectivity index (χ0v) is 15.0. The lowest BCUT2D eigenvalue weighted by Gasteiger charge is -2.44. The Morgan fingerprint density at radius 3 is 2.44 bits per heavy atom. The van der Waals surface area contributed by atoms with Gasteiger partial charge in [0.1, 0.15) is 17.7 Å². The van der Waals surface area contributed by atoms with Gasteiger partial charge in [-0.2, -0.15) is 0 Å². The lowest BCUT2D eigenvalue weighted by Crippen LogP contribution is -2.53. The number of carbonyl (C=O) groups excluding carboxylic acids is 1. The number of amides is 1. The normalized spacial score (nSPS) is 23.9. The minimum atomic E-state index is -0.497. The van der Waals surface area contributed by atoms with Crippen LogP contribution in [0.4, 0.5) is 19.3 Å². The molecule has 3 aliphatic rings. The molecule has 0 N–H and O–H groups in total. The van der Waals surface area contributed by atoms with E-state index in [-0.39, 0.29) is 18.5 Å². The van der Waals surface area contributed by atoms with Crippen molar-refractivity contribution < 1.29 is 18.3 Å². The summed E-state index contributed by atoms with van der Waals surface area (Å²) in [7, 11) is 0. The highest BCUT2D eigenvalue weighted by molar-refractivity contribution is 5.87. The molecule has 0 radical (unpaired) electrons. The summed E-state index contributed by atoms with van der Waals surface area (Å²) in [6.07, 6.45) is 1.44. The van der Waals surface area contributed by atoms with Gasteiger partial charge in [0, 0.05) is 6.54 Å². The molecule has 0 aromatic heterocycles. The fourth-order valence-electron chi connectivity index (χ4n) is 3.92. The third kappa shape index (κ3) is 4.11. The van der Waals surface area contributed by atoms with Crippen molar-refractivity contribution in [2.45, 2.75) is 25.5 Å². The molecular weight excluding hydrogens is 350 g/mol. The first kappa shape index (κ1) is 17.9. The van der Waals surface area contributed by atoms with E-state index < -0.39 is 11.9 Å². The van der Waals surface area contributed by atoms with E-state index in [0.717, 1.165) is 38.0 Å². The van der Waals surface area contributed by atoms with E-state index in [1.165, 1.54) is 29.2 Å². The molecule has 1 unspecified atom stereocenters. The number of nitrogens with zero attached hydrogens (tertiary/aromatic N) is 2. The number of fused-ring (bicyclic) bond motifs is 3. The first-order valence-electron chi connectivity index (χ1n) is 9.29. The summed E-state index contributed by atoms with van der Waals surface area (Å²) in [4.78, 5) is 16.7. The van der Waals surface area contributed by atoms with Gasteiger partial charge in [-0.05, 0) is 67.7 Å². The van der Waals surface area contributed by atoms with E-state index >= 15 is 0 Å². The molecule has 3 saturated heterocycles. The number of piperidine rings is 3. The molecule has 1 amide bonds. The number of hydrogen-bond donors (Lipinski definition) is 0. The van der Waals surface area contributed by atoms with Crippen molar-refractivity contribution in [2.75, 3.05) is 24.5 Å². The number of anilines is 1. The minimum absolute atomic E-state index is 0.135. The molecule has 3 fully saturated rings. The Kier molecular flexibility index (Phi) is 5.07. The highest BCUT2D eigenvalue weighted by atomic mass is 19.1. The van der Waals surface area contributed by atoms with Crippen LogP contribution in [0.1, 0.15) is 18.4 Å². The van der Waals surface area contributed by atoms with Crippen molar-refractivity contribution >= 4 is 11.8 Å². The van der Waals surface area contributed by atoms with Gasteiger partial charge < -0.3 is 4.74 Å². The zero-order valence-electron chi connectivity index (χ0n) is 15.0. The number of hydrogen-bond acceptors (Lipinski definition) is 3. The van der Waals surface area contributed by atoms with Crippen LogP contribution < -0.4 is 4.90 Å². The zero-order chi connectivity index (χ0) is 18.8. The Hall–Kier alpha value is -2.47. The van der Waals surface area contributed by atoms with Crippen molar-refractivity contribution in [3.05, 3.63) is 65.7 Å². The minimum Gasteiger partial charge on any atom is -0.444 e. The van der Waals surface area contributed by atoms with Crippen molar-refractivity contribution in [3.63, 3.8) is 0 Å². The maximum Gasteiger partial charge on any atom is 0.414 e. The van der Waals surface area contributed by atoms with Crippen molar-refractivity contribution in [1.29, 1.82) is 0 Å². The van der Waals surface area contributed by atoms with Gasteiger partial charge in [0.25, 0.3) is 0 Å². The molecule has 0 saturated carbocycles. The number of halogens is 2. The molecule has 2 bridgehead atoms. The maximum atomic E-state index is 13.7. The second-order valence-electron chi connectivity index (χ2n) is 7.25. The van der Waals surface area contributed by atoms with E-state index in [0.29, 0.717) is 11.6 Å². The summed E-state index contributed by atoms with van der Waals surface area (Å²) < 4.78 is 32.7. The van der Waals surface area contributed by atoms with Gasteiger partial charge in [-0.25, -0.2) is 13.6 Å². The monoisotopic (exact) mass is 372 g/mol. The van der Waals surface area contributed by atoms with Crippen LogP contribution in [0.3, 0.4) is 0 Å². The Morgan fingerprint density at radius 2 is 1.81 bits per heavy atom. The maximum absolute atomic E-state index is 13.7. The third-order valence-electron chi connectivity index (χ3n) is 5.44. The summed E-state index contributed by atoms with van der Waals surface area (Å²) >= 11 is 0. The smallest absolute Gasteiger partial charge is 0.414 e. The molecule has 6 heteroatoms. The van der Waals surface area contributed by atoms with Crippen LogP contribution in [0.2, 0.25) is 0 Å². The van der Waals surface area contributed by atoms with Gasteiger partial charge in [-0.3, -0.25) is 9.80 Å². The molecular formula is C21H22F2N2O2. The Bertz CT molecular complexity index is 804. The van der Waals surface area contributed by atoms with Gasteiger partial charge >= 0.3 is 6.09 Å². The first-order valence-corrected chi connectivity index (χ1v) is 9.29. The highest BCUT2D eigenvalue weighted by Gasteiger charge is 2.37. The van der Waals surface area contributed by atoms with Crippen LogP contribution in [-0.2, 0) is 11.3 Å². The van der Waals surface area contributed by atoms with Crippen LogP contribution in [0.15, 0.2) is 48.5 Å². The molecule has 0 aliphatic carbocycles. The lowest BCUT2D eigenvalue weighted by atomic mass is 9.86. The first-order chi connectivity index (χ1) is 13.1. The molecule has 2 aromatic rings. The van der Waals surface area contributed by atoms with Crippen molar-refractivity contribution in [2.24, 2.45) is 5.92 Å². The van der Waals surface area contributed by atoms with E-state index in [4.69, 9.17) is 4.74 Å². The predicted molar refractivity (Wildman–Crippen MR) is 98.4 cm³/mol. The fourth-order valence-corrected chi connectivity index (χ4v) is 3.92. The average molecular weight is 372 g/mol. The molecule has 5 rings (SSSR count). The van der Waals surface area contributed by atoms with E-state index in [1.54, 1.807) is 24.3 Å². The van der Waals surface area contributed by atoms with Gasteiger partial charge in [0.2, 0.25) is 0 Å². The summed E-state index contributed by atoms with van der Waals surface area (Å²) in [6.45, 7) is 3.05. The molecule has 3 aliphatic heterocycles. The Morgan fingerprint density at radius 1 is 1.07 bits per heavy atom. The Balaban J connectivity index is 1.55. The fraction of sp³-hybridized carbons (Fsp3) is 0.381. The average Bonchev–Trinajstić information content (AvgIpc) is 2.68. The van der Waals surface area contributed by atoms with Crippen molar-refractivity contribution in [3.8, 4) is 0 Å². The van der Waals surface area contributed by atoms with Crippen LogP contribution in [0.25, 0.3) is 0 Å². The molecule has 27 heavy (non-hydrogen) atoms. The summed E-state index contributed by atoms with van der Waals surface area (Å²) in [6, 6.07) is 11.8. The lowest BCUT2D eigenvalue weighted by molar-refractivity contribution is -0.0311. The molecule has 2 aromatic carbocycles. The number of carbonyl (C=O) groups is 1. The highest BCUT2D eigenvalue weighted by Crippen LogP contribution is 2.30. The SMILES string of the molecule is O=C(OC1CN2CCC1CC2)N(Cc1ccc(F)cc1)c1cccc(F)c1. The molecule has 0 spiro atoms. The van der Waals surface area contributed by atoms with Gasteiger partial charge in [-0.15, -0.1) is 0 Å². The standard InChI is InChI=1S/C21H22F2N2O2/c22-17-6-4-15(5-7-17)13-25(19-3-1-2-18(23)12-19)21(26)27-20-14-24-10-8-16(20)9-11-24/h1-7,12,16,20H,8-11,13-14H2. The van der Waals surface area contributed by atoms with Crippen LogP contribution in [0.5, 0.6) is 0 Å². The van der Waals surface area contributed by atoms with Crippen LogP contribution in [-0.4, -0.2) is 36.7 Å². The number of ether oxygens (including phenoxy) is 1. The topological polar surface area (TPSA) is 32.8 Å². The molecule has 1 atom stereocenters. The summed E-state index contributed by atoms with van der Waals surface area (Å²) in [5, 5.41) is 0. The van der Waals surface area contributed by atoms with Gasteiger partial charge in [-0.1, -0.05) is 18.2 Å². The number of benzene rings is 2. The van der Waals surface area contributed by atoms with Crippen molar-refractivity contribution in [1.82, 2.24) is 4.90 Å². The van der Waals surface area contributed by atoms with Gasteiger partial charge in [0.05, 0.1) is 12.2 Å². The Labute approximate surface area is 157 Å². The summed E-state index contributed by atoms with van der Waals surface area (Å²) in [5.74, 6) is -0.378.